The predicted molar refractivity (Wildman–Crippen MR) is 60.5 cm³/mol. The van der Waals surface area contributed by atoms with E-state index in [1.165, 1.54) is 0 Å². The van der Waals surface area contributed by atoms with E-state index >= 15 is 0 Å². The molecule has 3 heteroatoms. The Bertz CT molecular complexity index is 256. The fourth-order valence-electron chi connectivity index (χ4n) is 2.46. The highest BCUT2D eigenvalue weighted by atomic mass is 16.2. The lowest BCUT2D eigenvalue weighted by Crippen LogP contribution is -2.42. The van der Waals surface area contributed by atoms with Crippen molar-refractivity contribution in [2.75, 3.05) is 20.1 Å². The maximum Gasteiger partial charge on any atom is 0.226 e. The molecule has 15 heavy (non-hydrogen) atoms. The Morgan fingerprint density at radius 2 is 2.27 bits per heavy atom. The molecular formula is C12H20N2O. The number of amides is 1. The third-order valence-electron chi connectivity index (χ3n) is 3.55. The number of nitrogens with zero attached hydrogens (tertiary/aromatic N) is 1. The molecule has 0 aromatic carbocycles. The maximum atomic E-state index is 12.1. The molecule has 1 amide bonds. The lowest BCUT2D eigenvalue weighted by molar-refractivity contribution is -0.136. The molecule has 0 spiro atoms. The van der Waals surface area contributed by atoms with Gasteiger partial charge in [0.2, 0.25) is 5.91 Å². The Hall–Kier alpha value is -0.830. The fourth-order valence-corrected chi connectivity index (χ4v) is 2.46. The van der Waals surface area contributed by atoms with Gasteiger partial charge >= 0.3 is 0 Å². The molecule has 3 nitrogen and oxygen atoms in total. The summed E-state index contributed by atoms with van der Waals surface area (Å²) >= 11 is 0. The number of hydrogen-bond donors (Lipinski definition) is 1. The number of rotatable bonds is 2. The van der Waals surface area contributed by atoms with Crippen molar-refractivity contribution in [2.45, 2.75) is 31.7 Å². The van der Waals surface area contributed by atoms with Gasteiger partial charge in [-0.05, 0) is 32.2 Å². The van der Waals surface area contributed by atoms with Crippen LogP contribution in [0.4, 0.5) is 0 Å². The van der Waals surface area contributed by atoms with Gasteiger partial charge in [0.25, 0.3) is 0 Å². The van der Waals surface area contributed by atoms with Gasteiger partial charge in [-0.25, -0.2) is 0 Å². The number of carbonyl (C=O) groups excluding carboxylic acids is 1. The largest absolute Gasteiger partial charge is 0.341 e. The molecule has 1 aliphatic heterocycles. The van der Waals surface area contributed by atoms with Crippen LogP contribution in [0.25, 0.3) is 0 Å². The van der Waals surface area contributed by atoms with Crippen LogP contribution < -0.4 is 5.32 Å². The summed E-state index contributed by atoms with van der Waals surface area (Å²) in [7, 11) is 1.96. The van der Waals surface area contributed by atoms with E-state index in [1.54, 1.807) is 0 Å². The minimum atomic E-state index is 0.237. The summed E-state index contributed by atoms with van der Waals surface area (Å²) in [6.07, 6.45) is 8.45. The van der Waals surface area contributed by atoms with Crippen LogP contribution in [-0.2, 0) is 4.79 Å². The highest BCUT2D eigenvalue weighted by molar-refractivity contribution is 5.79. The van der Waals surface area contributed by atoms with Crippen molar-refractivity contribution in [3.8, 4) is 0 Å². The van der Waals surface area contributed by atoms with Crippen molar-refractivity contribution in [2.24, 2.45) is 5.92 Å². The molecule has 2 aliphatic rings. The number of hydrogen-bond acceptors (Lipinski definition) is 2. The minimum absolute atomic E-state index is 0.237. The van der Waals surface area contributed by atoms with E-state index in [0.717, 1.165) is 38.8 Å². The molecule has 2 atom stereocenters. The zero-order valence-corrected chi connectivity index (χ0v) is 9.41. The first kappa shape index (κ1) is 10.7. The van der Waals surface area contributed by atoms with Crippen molar-refractivity contribution >= 4 is 5.91 Å². The predicted octanol–water partition coefficient (Wildman–Crippen LogP) is 1.16. The molecule has 0 saturated carbocycles. The van der Waals surface area contributed by atoms with Crippen LogP contribution in [0.5, 0.6) is 0 Å². The summed E-state index contributed by atoms with van der Waals surface area (Å²) in [6, 6.07) is 0.420. The van der Waals surface area contributed by atoms with E-state index < -0.39 is 0 Å². The van der Waals surface area contributed by atoms with Crippen molar-refractivity contribution in [1.82, 2.24) is 10.2 Å². The van der Waals surface area contributed by atoms with Gasteiger partial charge in [0.1, 0.15) is 0 Å². The Labute approximate surface area is 91.5 Å². The molecule has 2 rings (SSSR count). The number of allylic oxidation sites excluding steroid dienone is 2. The molecule has 1 heterocycles. The molecule has 0 aromatic heterocycles. The van der Waals surface area contributed by atoms with Crippen LogP contribution in [0.1, 0.15) is 25.7 Å². The molecule has 1 fully saturated rings. The summed E-state index contributed by atoms with van der Waals surface area (Å²) in [5.41, 5.74) is 0. The normalized spacial score (nSPS) is 30.5. The van der Waals surface area contributed by atoms with Crippen LogP contribution in [0, 0.1) is 5.92 Å². The van der Waals surface area contributed by atoms with Gasteiger partial charge in [-0.15, -0.1) is 0 Å². The van der Waals surface area contributed by atoms with Crippen molar-refractivity contribution in [3.63, 3.8) is 0 Å². The van der Waals surface area contributed by atoms with Crippen molar-refractivity contribution < 1.29 is 4.79 Å². The van der Waals surface area contributed by atoms with Gasteiger partial charge in [0.05, 0.1) is 0 Å². The quantitative estimate of drug-likeness (QED) is 0.691. The van der Waals surface area contributed by atoms with Crippen LogP contribution in [0.3, 0.4) is 0 Å². The van der Waals surface area contributed by atoms with Crippen molar-refractivity contribution in [3.05, 3.63) is 12.2 Å². The van der Waals surface area contributed by atoms with Crippen LogP contribution in [0.15, 0.2) is 12.2 Å². The molecule has 2 unspecified atom stereocenters. The van der Waals surface area contributed by atoms with E-state index in [-0.39, 0.29) is 5.92 Å². The molecular weight excluding hydrogens is 188 g/mol. The summed E-state index contributed by atoms with van der Waals surface area (Å²) in [5.74, 6) is 0.577. The number of carbonyl (C=O) groups is 1. The molecule has 0 radical (unpaired) electrons. The van der Waals surface area contributed by atoms with E-state index in [0.29, 0.717) is 11.9 Å². The lowest BCUT2D eigenvalue weighted by Gasteiger charge is -2.28. The maximum absolute atomic E-state index is 12.1. The molecule has 0 aromatic rings. The number of nitrogens with one attached hydrogen (secondary N) is 1. The molecule has 84 valence electrons. The second-order valence-corrected chi connectivity index (χ2v) is 4.58. The summed E-state index contributed by atoms with van der Waals surface area (Å²) in [5, 5.41) is 3.30. The van der Waals surface area contributed by atoms with Crippen molar-refractivity contribution in [1.29, 1.82) is 0 Å². The third kappa shape index (κ3) is 2.40. The molecule has 1 aliphatic carbocycles. The Kier molecular flexibility index (Phi) is 3.41. The average molecular weight is 208 g/mol. The molecule has 0 bridgehead atoms. The number of likely N-dealkylation sites (N-methyl/N-ethyl adjacent to an activating group) is 1. The van der Waals surface area contributed by atoms with E-state index in [9.17, 15) is 4.79 Å². The van der Waals surface area contributed by atoms with Gasteiger partial charge in [0.15, 0.2) is 0 Å². The Balaban J connectivity index is 1.91. The van der Waals surface area contributed by atoms with Gasteiger partial charge in [-0.3, -0.25) is 4.79 Å². The van der Waals surface area contributed by atoms with Gasteiger partial charge in [-0.1, -0.05) is 12.2 Å². The molecule has 1 N–H and O–H groups in total. The lowest BCUT2D eigenvalue weighted by atomic mass is 9.93. The monoisotopic (exact) mass is 208 g/mol. The average Bonchev–Trinajstić information content (AvgIpc) is 2.82. The smallest absolute Gasteiger partial charge is 0.226 e. The van der Waals surface area contributed by atoms with Crippen LogP contribution in [0.2, 0.25) is 0 Å². The van der Waals surface area contributed by atoms with Gasteiger partial charge in [0, 0.05) is 25.6 Å². The summed E-state index contributed by atoms with van der Waals surface area (Å²) in [6.45, 7) is 2.01. The first-order valence-corrected chi connectivity index (χ1v) is 5.91. The fraction of sp³-hybridized carbons (Fsp3) is 0.750. The minimum Gasteiger partial charge on any atom is -0.341 e. The third-order valence-corrected chi connectivity index (χ3v) is 3.55. The standard InChI is InChI=1S/C12H20N2O/c1-14(11-7-8-13-9-11)12(15)10-5-3-2-4-6-10/h2-3,10-11,13H,4-9H2,1H3. The summed E-state index contributed by atoms with van der Waals surface area (Å²) in [4.78, 5) is 14.1. The zero-order chi connectivity index (χ0) is 10.7. The topological polar surface area (TPSA) is 32.3 Å². The first-order chi connectivity index (χ1) is 7.29. The summed E-state index contributed by atoms with van der Waals surface area (Å²) < 4.78 is 0. The van der Waals surface area contributed by atoms with E-state index in [4.69, 9.17) is 0 Å². The van der Waals surface area contributed by atoms with E-state index in [2.05, 4.69) is 17.5 Å². The Morgan fingerprint density at radius 3 is 2.87 bits per heavy atom. The Morgan fingerprint density at radius 1 is 1.40 bits per heavy atom. The SMILES string of the molecule is CN(C(=O)C1CC=CCC1)C1CCNC1. The first-order valence-electron chi connectivity index (χ1n) is 5.91. The van der Waals surface area contributed by atoms with Crippen LogP contribution in [-0.4, -0.2) is 37.0 Å². The molecule has 1 saturated heterocycles. The zero-order valence-electron chi connectivity index (χ0n) is 9.41. The highest BCUT2D eigenvalue weighted by Crippen LogP contribution is 2.21. The van der Waals surface area contributed by atoms with Gasteiger partial charge in [-0.2, -0.15) is 0 Å². The second-order valence-electron chi connectivity index (χ2n) is 4.58. The van der Waals surface area contributed by atoms with Crippen LogP contribution >= 0.6 is 0 Å². The highest BCUT2D eigenvalue weighted by Gasteiger charge is 2.28. The second kappa shape index (κ2) is 4.79. The van der Waals surface area contributed by atoms with E-state index in [1.807, 2.05) is 11.9 Å². The van der Waals surface area contributed by atoms with Gasteiger partial charge < -0.3 is 10.2 Å².